The van der Waals surface area contributed by atoms with Gasteiger partial charge >= 0.3 is 12.0 Å². The minimum Gasteiger partial charge on any atom is -0.480 e. The van der Waals surface area contributed by atoms with Crippen LogP contribution in [0.15, 0.2) is 12.7 Å². The molecule has 0 saturated heterocycles. The van der Waals surface area contributed by atoms with Crippen LogP contribution in [0, 0.1) is 0 Å². The van der Waals surface area contributed by atoms with E-state index in [9.17, 15) is 9.59 Å². The van der Waals surface area contributed by atoms with Crippen LogP contribution in [0.25, 0.3) is 0 Å². The van der Waals surface area contributed by atoms with Crippen LogP contribution in [0.5, 0.6) is 0 Å². The number of aliphatic carboxylic acids is 1. The molecule has 0 saturated carbocycles. The second-order valence-corrected chi connectivity index (χ2v) is 4.30. The second kappa shape index (κ2) is 8.04. The number of hydrogen-bond acceptors (Lipinski definition) is 3. The van der Waals surface area contributed by atoms with Crippen LogP contribution < -0.4 is 10.6 Å². The van der Waals surface area contributed by atoms with Crippen molar-refractivity contribution in [3.8, 4) is 0 Å². The summed E-state index contributed by atoms with van der Waals surface area (Å²) < 4.78 is 0. The molecular weight excluding hydrogens is 228 g/mol. The molecule has 0 heterocycles. The van der Waals surface area contributed by atoms with Crippen LogP contribution in [-0.4, -0.2) is 41.2 Å². The number of urea groups is 1. The molecule has 0 rings (SSSR count). The predicted molar refractivity (Wildman–Crippen MR) is 65.7 cm³/mol. The Morgan fingerprint density at radius 2 is 2.12 bits per heavy atom. The molecular formula is C10H18N2O3S. The van der Waals surface area contributed by atoms with Gasteiger partial charge in [0.1, 0.15) is 6.04 Å². The molecule has 3 N–H and O–H groups in total. The normalized spacial score (nSPS) is 13.6. The van der Waals surface area contributed by atoms with Gasteiger partial charge in [0, 0.05) is 6.04 Å². The lowest BCUT2D eigenvalue weighted by molar-refractivity contribution is -0.139. The maximum Gasteiger partial charge on any atom is 0.326 e. The maximum absolute atomic E-state index is 11.4. The van der Waals surface area contributed by atoms with Crippen molar-refractivity contribution in [3.63, 3.8) is 0 Å². The lowest BCUT2D eigenvalue weighted by Crippen LogP contribution is -2.48. The third kappa shape index (κ3) is 6.34. The first-order valence-electron chi connectivity index (χ1n) is 4.92. The van der Waals surface area contributed by atoms with Gasteiger partial charge in [-0.05, 0) is 25.4 Å². The predicted octanol–water partition coefficient (Wildman–Crippen LogP) is 1.07. The van der Waals surface area contributed by atoms with E-state index in [1.807, 2.05) is 6.26 Å². The molecule has 2 atom stereocenters. The zero-order chi connectivity index (χ0) is 12.6. The second-order valence-electron chi connectivity index (χ2n) is 3.31. The van der Waals surface area contributed by atoms with Gasteiger partial charge in [-0.3, -0.25) is 0 Å². The lowest BCUT2D eigenvalue weighted by Gasteiger charge is -2.16. The van der Waals surface area contributed by atoms with Crippen molar-refractivity contribution in [1.82, 2.24) is 10.6 Å². The molecule has 0 aromatic heterocycles. The van der Waals surface area contributed by atoms with E-state index in [4.69, 9.17) is 5.11 Å². The minimum atomic E-state index is -1.02. The first-order valence-corrected chi connectivity index (χ1v) is 6.32. The first-order chi connectivity index (χ1) is 7.51. The van der Waals surface area contributed by atoms with Crippen molar-refractivity contribution in [1.29, 1.82) is 0 Å². The van der Waals surface area contributed by atoms with Gasteiger partial charge in [-0.15, -0.1) is 6.58 Å². The highest BCUT2D eigenvalue weighted by molar-refractivity contribution is 7.98. The SMILES string of the molecule is C=CC(C)NC(=O)NC(CCSC)C(=O)O. The number of amides is 2. The number of carboxylic acids is 1. The molecule has 0 aliphatic carbocycles. The molecule has 2 amide bonds. The van der Waals surface area contributed by atoms with Crippen molar-refractivity contribution in [2.24, 2.45) is 0 Å². The molecule has 0 aromatic rings. The van der Waals surface area contributed by atoms with E-state index in [0.29, 0.717) is 12.2 Å². The Bertz CT molecular complexity index is 258. The number of rotatable bonds is 7. The number of carbonyl (C=O) groups is 2. The van der Waals surface area contributed by atoms with Crippen LogP contribution in [-0.2, 0) is 4.79 Å². The van der Waals surface area contributed by atoms with E-state index in [1.165, 1.54) is 0 Å². The molecule has 0 spiro atoms. The molecule has 0 aliphatic rings. The van der Waals surface area contributed by atoms with Gasteiger partial charge in [0.05, 0.1) is 0 Å². The maximum atomic E-state index is 11.4. The third-order valence-corrected chi connectivity index (χ3v) is 2.57. The summed E-state index contributed by atoms with van der Waals surface area (Å²) in [5.41, 5.74) is 0. The smallest absolute Gasteiger partial charge is 0.326 e. The van der Waals surface area contributed by atoms with Gasteiger partial charge in [0.15, 0.2) is 0 Å². The highest BCUT2D eigenvalue weighted by atomic mass is 32.2. The van der Waals surface area contributed by atoms with Crippen LogP contribution >= 0.6 is 11.8 Å². The van der Waals surface area contributed by atoms with Gasteiger partial charge in [-0.2, -0.15) is 11.8 Å². The Balaban J connectivity index is 4.12. The fourth-order valence-corrected chi connectivity index (χ4v) is 1.43. The Hall–Kier alpha value is -1.17. The third-order valence-electron chi connectivity index (χ3n) is 1.93. The molecule has 16 heavy (non-hydrogen) atoms. The van der Waals surface area contributed by atoms with Crippen molar-refractivity contribution in [2.75, 3.05) is 12.0 Å². The summed E-state index contributed by atoms with van der Waals surface area (Å²) in [5.74, 6) is -0.329. The summed E-state index contributed by atoms with van der Waals surface area (Å²) >= 11 is 1.54. The van der Waals surface area contributed by atoms with E-state index in [2.05, 4.69) is 17.2 Å². The van der Waals surface area contributed by atoms with E-state index >= 15 is 0 Å². The van der Waals surface area contributed by atoms with E-state index in [1.54, 1.807) is 24.8 Å². The fourth-order valence-electron chi connectivity index (χ4n) is 0.959. The monoisotopic (exact) mass is 246 g/mol. The van der Waals surface area contributed by atoms with Crippen molar-refractivity contribution < 1.29 is 14.7 Å². The minimum absolute atomic E-state index is 0.185. The molecule has 0 bridgehead atoms. The number of thioether (sulfide) groups is 1. The number of carbonyl (C=O) groups excluding carboxylic acids is 1. The zero-order valence-corrected chi connectivity index (χ0v) is 10.3. The quantitative estimate of drug-likeness (QED) is 0.587. The summed E-state index contributed by atoms with van der Waals surface area (Å²) in [5, 5.41) is 13.8. The molecule has 6 heteroatoms. The summed E-state index contributed by atoms with van der Waals surface area (Å²) in [6, 6.07) is -1.51. The standard InChI is InChI=1S/C10H18N2O3S/c1-4-7(2)11-10(15)12-8(9(13)14)5-6-16-3/h4,7-8H,1,5-6H2,2-3H3,(H,13,14)(H2,11,12,15). The van der Waals surface area contributed by atoms with Crippen molar-refractivity contribution in [3.05, 3.63) is 12.7 Å². The zero-order valence-electron chi connectivity index (χ0n) is 9.53. The molecule has 0 fully saturated rings. The highest BCUT2D eigenvalue weighted by Gasteiger charge is 2.19. The van der Waals surface area contributed by atoms with Gasteiger partial charge in [-0.1, -0.05) is 6.08 Å². The Kier molecular flexibility index (Phi) is 7.45. The van der Waals surface area contributed by atoms with Gasteiger partial charge in [0.25, 0.3) is 0 Å². The van der Waals surface area contributed by atoms with E-state index < -0.39 is 18.0 Å². The molecule has 2 unspecified atom stereocenters. The summed E-state index contributed by atoms with van der Waals surface area (Å²) in [6.45, 7) is 5.27. The Morgan fingerprint density at radius 1 is 1.50 bits per heavy atom. The molecule has 92 valence electrons. The van der Waals surface area contributed by atoms with Gasteiger partial charge in [-0.25, -0.2) is 9.59 Å². The molecule has 0 aromatic carbocycles. The topological polar surface area (TPSA) is 78.4 Å². The van der Waals surface area contributed by atoms with Crippen LogP contribution in [0.1, 0.15) is 13.3 Å². The Labute approximate surface area is 99.7 Å². The first kappa shape index (κ1) is 14.8. The summed E-state index contributed by atoms with van der Waals surface area (Å²) in [7, 11) is 0. The van der Waals surface area contributed by atoms with Crippen LogP contribution in [0.2, 0.25) is 0 Å². The summed E-state index contributed by atoms with van der Waals surface area (Å²) in [4.78, 5) is 22.2. The Morgan fingerprint density at radius 3 is 2.56 bits per heavy atom. The number of nitrogens with one attached hydrogen (secondary N) is 2. The summed E-state index contributed by atoms with van der Waals surface area (Å²) in [6.07, 6.45) is 3.86. The van der Waals surface area contributed by atoms with Crippen LogP contribution in [0.4, 0.5) is 4.79 Å². The number of hydrogen-bond donors (Lipinski definition) is 3. The van der Waals surface area contributed by atoms with Crippen molar-refractivity contribution >= 4 is 23.8 Å². The van der Waals surface area contributed by atoms with E-state index in [-0.39, 0.29) is 6.04 Å². The molecule has 0 radical (unpaired) electrons. The largest absolute Gasteiger partial charge is 0.480 e. The fraction of sp³-hybridized carbons (Fsp3) is 0.600. The van der Waals surface area contributed by atoms with Gasteiger partial charge in [0.2, 0.25) is 0 Å². The van der Waals surface area contributed by atoms with Crippen LogP contribution in [0.3, 0.4) is 0 Å². The van der Waals surface area contributed by atoms with Crippen molar-refractivity contribution in [2.45, 2.75) is 25.4 Å². The average Bonchev–Trinajstić information content (AvgIpc) is 2.23. The lowest BCUT2D eigenvalue weighted by atomic mass is 10.2. The molecule has 0 aliphatic heterocycles. The molecule has 5 nitrogen and oxygen atoms in total. The average molecular weight is 246 g/mol. The van der Waals surface area contributed by atoms with E-state index in [0.717, 1.165) is 0 Å². The van der Waals surface area contributed by atoms with Gasteiger partial charge < -0.3 is 15.7 Å². The number of carboxylic acid groups (broad SMARTS) is 1. The highest BCUT2D eigenvalue weighted by Crippen LogP contribution is 2.00.